The first-order chi connectivity index (χ1) is 14.4. The first-order valence-electron chi connectivity index (χ1n) is 9.53. The lowest BCUT2D eigenvalue weighted by molar-refractivity contribution is -0.144. The number of thioether (sulfide) groups is 1. The highest BCUT2D eigenvalue weighted by atomic mass is 32.2. The summed E-state index contributed by atoms with van der Waals surface area (Å²) in [5, 5.41) is 19.2. The molecule has 2 aromatic rings. The van der Waals surface area contributed by atoms with Gasteiger partial charge in [-0.1, -0.05) is 37.3 Å². The fourth-order valence-electron chi connectivity index (χ4n) is 2.61. The fraction of sp³-hybridized carbons (Fsp3) is 0.350. The van der Waals surface area contributed by atoms with E-state index in [1.165, 1.54) is 30.0 Å². The molecule has 0 radical (unpaired) electrons. The number of carboxylic acids is 1. The van der Waals surface area contributed by atoms with Crippen LogP contribution in [-0.4, -0.2) is 49.9 Å². The average Bonchev–Trinajstić information content (AvgIpc) is 3.28. The highest BCUT2D eigenvalue weighted by molar-refractivity contribution is 8.18. The Morgan fingerprint density at radius 3 is 2.83 bits per heavy atom. The van der Waals surface area contributed by atoms with Crippen molar-refractivity contribution < 1.29 is 19.4 Å². The maximum absolute atomic E-state index is 12.9. The van der Waals surface area contributed by atoms with Gasteiger partial charge in [0.1, 0.15) is 10.8 Å². The van der Waals surface area contributed by atoms with Gasteiger partial charge in [0.25, 0.3) is 5.91 Å². The summed E-state index contributed by atoms with van der Waals surface area (Å²) < 4.78 is 5.41. The molecule has 1 atom stereocenters. The zero-order valence-electron chi connectivity index (χ0n) is 16.9. The number of rotatable bonds is 8. The van der Waals surface area contributed by atoms with Crippen LogP contribution in [0.4, 0.5) is 5.13 Å². The van der Waals surface area contributed by atoms with E-state index < -0.39 is 12.1 Å². The summed E-state index contributed by atoms with van der Waals surface area (Å²) >= 11 is 2.70. The molecule has 0 saturated carbocycles. The molecule has 1 fully saturated rings. The number of aliphatic carboxylic acids is 1. The summed E-state index contributed by atoms with van der Waals surface area (Å²) in [5.74, 6) is -0.736. The monoisotopic (exact) mass is 446 g/mol. The summed E-state index contributed by atoms with van der Waals surface area (Å²) in [6.45, 7) is 6.03. The van der Waals surface area contributed by atoms with E-state index >= 15 is 0 Å². The van der Waals surface area contributed by atoms with E-state index in [4.69, 9.17) is 9.84 Å². The van der Waals surface area contributed by atoms with Gasteiger partial charge in [0, 0.05) is 6.54 Å². The van der Waals surface area contributed by atoms with E-state index in [0.29, 0.717) is 27.5 Å². The second-order valence-electron chi connectivity index (χ2n) is 6.46. The molecule has 1 unspecified atom stereocenters. The van der Waals surface area contributed by atoms with Crippen LogP contribution in [0.15, 0.2) is 34.2 Å². The lowest BCUT2D eigenvalue weighted by Crippen LogP contribution is -2.29. The van der Waals surface area contributed by atoms with Crippen LogP contribution in [0.5, 0.6) is 5.75 Å². The third-order valence-electron chi connectivity index (χ3n) is 4.10. The first-order valence-corrected chi connectivity index (χ1v) is 11.2. The number of aromatic nitrogens is 2. The molecule has 1 saturated heterocycles. The topological polar surface area (TPSA) is 105 Å². The van der Waals surface area contributed by atoms with Gasteiger partial charge in [-0.05, 0) is 55.3 Å². The van der Waals surface area contributed by atoms with Gasteiger partial charge in [-0.2, -0.15) is 4.99 Å². The number of amidine groups is 1. The summed E-state index contributed by atoms with van der Waals surface area (Å²) in [5.41, 5.74) is 0.739. The van der Waals surface area contributed by atoms with Crippen LogP contribution in [0.2, 0.25) is 0 Å². The highest BCUT2D eigenvalue weighted by Crippen LogP contribution is 2.35. The molecule has 0 bridgehead atoms. The van der Waals surface area contributed by atoms with Crippen molar-refractivity contribution in [1.82, 2.24) is 15.1 Å². The Kier molecular flexibility index (Phi) is 7.22. The number of hydrogen-bond donors (Lipinski definition) is 1. The van der Waals surface area contributed by atoms with Crippen LogP contribution in [0.1, 0.15) is 37.8 Å². The van der Waals surface area contributed by atoms with Crippen LogP contribution in [0, 0.1) is 0 Å². The van der Waals surface area contributed by atoms with Crippen molar-refractivity contribution in [3.05, 3.63) is 39.7 Å². The molecule has 1 aromatic heterocycles. The summed E-state index contributed by atoms with van der Waals surface area (Å²) in [6, 6.07) is 6.98. The molecule has 158 valence electrons. The average molecular weight is 447 g/mol. The van der Waals surface area contributed by atoms with E-state index in [-0.39, 0.29) is 5.91 Å². The Morgan fingerprint density at radius 2 is 2.17 bits per heavy atom. The summed E-state index contributed by atoms with van der Waals surface area (Å²) in [6.07, 6.45) is 2.38. The molecule has 30 heavy (non-hydrogen) atoms. The molecular weight excluding hydrogens is 424 g/mol. The lowest BCUT2D eigenvalue weighted by Gasteiger charge is -2.13. The SMILES string of the molecule is CCCN1C(=O)/C(=C\c2cccc(OC(C)C(=O)O)c2)S/C1=N/c1nnc(CC)s1. The Bertz CT molecular complexity index is 1000. The van der Waals surface area contributed by atoms with Crippen molar-refractivity contribution in [2.75, 3.05) is 6.54 Å². The summed E-state index contributed by atoms with van der Waals surface area (Å²) in [7, 11) is 0. The molecular formula is C20H22N4O4S2. The predicted octanol–water partition coefficient (Wildman–Crippen LogP) is 3.97. The Morgan fingerprint density at radius 1 is 1.37 bits per heavy atom. The first kappa shape index (κ1) is 22.0. The molecule has 3 rings (SSSR count). The number of carboxylic acid groups (broad SMARTS) is 1. The van der Waals surface area contributed by atoms with E-state index in [9.17, 15) is 9.59 Å². The second-order valence-corrected chi connectivity index (χ2v) is 8.51. The van der Waals surface area contributed by atoms with Gasteiger partial charge in [-0.15, -0.1) is 10.2 Å². The minimum atomic E-state index is -1.04. The van der Waals surface area contributed by atoms with Gasteiger partial charge in [0.05, 0.1) is 4.91 Å². The molecule has 8 nitrogen and oxygen atoms in total. The quantitative estimate of drug-likeness (QED) is 0.612. The number of ether oxygens (including phenoxy) is 1. The van der Waals surface area contributed by atoms with Crippen LogP contribution in [0.3, 0.4) is 0 Å². The van der Waals surface area contributed by atoms with E-state index in [1.807, 2.05) is 19.9 Å². The number of aryl methyl sites for hydroxylation is 1. The standard InChI is InChI=1S/C20H22N4O4S2/c1-4-9-24-17(25)15(29-20(24)21-19-23-22-16(5-2)30-19)11-13-7-6-8-14(10-13)28-12(3)18(26)27/h6-8,10-12H,4-5,9H2,1-3H3,(H,26,27)/b15-11+,21-20+. The zero-order valence-corrected chi connectivity index (χ0v) is 18.5. The van der Waals surface area contributed by atoms with E-state index in [2.05, 4.69) is 15.2 Å². The third kappa shape index (κ3) is 5.25. The lowest BCUT2D eigenvalue weighted by atomic mass is 10.2. The Hall–Kier alpha value is -2.72. The minimum Gasteiger partial charge on any atom is -0.479 e. The normalized spacial score (nSPS) is 17.7. The molecule has 1 aliphatic rings. The predicted molar refractivity (Wildman–Crippen MR) is 118 cm³/mol. The number of aliphatic imine (C=N–C) groups is 1. The number of hydrogen-bond acceptors (Lipinski definition) is 8. The zero-order chi connectivity index (χ0) is 21.7. The van der Waals surface area contributed by atoms with Crippen molar-refractivity contribution in [2.24, 2.45) is 4.99 Å². The number of carbonyl (C=O) groups excluding carboxylic acids is 1. The van der Waals surface area contributed by atoms with Crippen LogP contribution in [-0.2, 0) is 16.0 Å². The van der Waals surface area contributed by atoms with Gasteiger partial charge >= 0.3 is 5.97 Å². The van der Waals surface area contributed by atoms with Crippen molar-refractivity contribution in [3.63, 3.8) is 0 Å². The van der Waals surface area contributed by atoms with Gasteiger partial charge in [0.2, 0.25) is 5.13 Å². The Balaban J connectivity index is 1.86. The fourth-order valence-corrected chi connectivity index (χ4v) is 4.32. The number of benzene rings is 1. The largest absolute Gasteiger partial charge is 0.479 e. The van der Waals surface area contributed by atoms with E-state index in [0.717, 1.165) is 23.4 Å². The van der Waals surface area contributed by atoms with Gasteiger partial charge in [0.15, 0.2) is 11.3 Å². The Labute approximate surface area is 182 Å². The maximum Gasteiger partial charge on any atom is 0.344 e. The molecule has 1 aliphatic heterocycles. The molecule has 2 heterocycles. The smallest absolute Gasteiger partial charge is 0.344 e. The molecule has 1 amide bonds. The van der Waals surface area contributed by atoms with E-state index in [1.54, 1.807) is 29.2 Å². The van der Waals surface area contributed by atoms with Crippen molar-refractivity contribution in [1.29, 1.82) is 0 Å². The third-order valence-corrected chi connectivity index (χ3v) is 6.07. The van der Waals surface area contributed by atoms with Crippen molar-refractivity contribution in [2.45, 2.75) is 39.7 Å². The number of nitrogens with zero attached hydrogens (tertiary/aromatic N) is 4. The molecule has 1 N–H and O–H groups in total. The van der Waals surface area contributed by atoms with Crippen molar-refractivity contribution in [3.8, 4) is 5.75 Å². The minimum absolute atomic E-state index is 0.119. The molecule has 1 aromatic carbocycles. The molecule has 0 aliphatic carbocycles. The van der Waals surface area contributed by atoms with Gasteiger partial charge in [-0.25, -0.2) is 4.79 Å². The van der Waals surface area contributed by atoms with Crippen molar-refractivity contribution >= 4 is 51.4 Å². The highest BCUT2D eigenvalue weighted by Gasteiger charge is 2.33. The van der Waals surface area contributed by atoms with Crippen LogP contribution < -0.4 is 4.74 Å². The van der Waals surface area contributed by atoms with Gasteiger partial charge < -0.3 is 9.84 Å². The summed E-state index contributed by atoms with van der Waals surface area (Å²) in [4.78, 5) is 30.7. The number of amides is 1. The molecule has 0 spiro atoms. The van der Waals surface area contributed by atoms with Gasteiger partial charge in [-0.3, -0.25) is 9.69 Å². The molecule has 10 heteroatoms. The van der Waals surface area contributed by atoms with Crippen LogP contribution in [0.25, 0.3) is 6.08 Å². The maximum atomic E-state index is 12.9. The number of carbonyl (C=O) groups is 2. The van der Waals surface area contributed by atoms with Crippen LogP contribution >= 0.6 is 23.1 Å². The second kappa shape index (κ2) is 9.86.